The van der Waals surface area contributed by atoms with Gasteiger partial charge < -0.3 is 20.4 Å². The van der Waals surface area contributed by atoms with Gasteiger partial charge in [0.15, 0.2) is 5.78 Å². The molecular weight excluding hydrogens is 437 g/mol. The van der Waals surface area contributed by atoms with Crippen molar-refractivity contribution in [3.05, 3.63) is 64.1 Å². The van der Waals surface area contributed by atoms with Crippen molar-refractivity contribution in [2.45, 2.75) is 57.3 Å². The topological polar surface area (TPSA) is 112 Å². The second-order valence-corrected chi connectivity index (χ2v) is 9.25. The summed E-state index contributed by atoms with van der Waals surface area (Å²) in [6, 6.07) is 8.23. The number of hydrogen-bond donors (Lipinski definition) is 2. The van der Waals surface area contributed by atoms with Crippen molar-refractivity contribution in [2.75, 3.05) is 6.61 Å². The van der Waals surface area contributed by atoms with Crippen molar-refractivity contribution in [3.63, 3.8) is 0 Å². The minimum atomic E-state index is -0.402. The van der Waals surface area contributed by atoms with Crippen LogP contribution < -0.4 is 21.3 Å². The Bertz CT molecular complexity index is 1270. The summed E-state index contributed by atoms with van der Waals surface area (Å²) in [6.45, 7) is 1.09. The van der Waals surface area contributed by atoms with Crippen LogP contribution in [0.1, 0.15) is 37.1 Å². The maximum atomic E-state index is 13.8. The normalized spacial score (nSPS) is 21.2. The molecule has 178 valence electrons. The van der Waals surface area contributed by atoms with Crippen LogP contribution in [0.5, 0.6) is 5.75 Å². The lowest BCUT2D eigenvalue weighted by molar-refractivity contribution is -0.121. The van der Waals surface area contributed by atoms with Crippen LogP contribution >= 0.6 is 0 Å². The monoisotopic (exact) mass is 465 g/mol. The zero-order valence-electron chi connectivity index (χ0n) is 18.9. The first-order valence-corrected chi connectivity index (χ1v) is 11.7. The van der Waals surface area contributed by atoms with E-state index in [0.29, 0.717) is 48.0 Å². The van der Waals surface area contributed by atoms with Crippen molar-refractivity contribution in [1.82, 2.24) is 19.9 Å². The number of pyridine rings is 1. The first-order valence-electron chi connectivity index (χ1n) is 11.7. The van der Waals surface area contributed by atoms with Crippen LogP contribution in [0.15, 0.2) is 41.3 Å². The number of ether oxygens (including phenoxy) is 1. The molecular formula is C25H28FN5O3. The van der Waals surface area contributed by atoms with E-state index in [1.165, 1.54) is 22.9 Å². The number of nitrogens with zero attached hydrogens (tertiary/aromatic N) is 3. The lowest BCUT2D eigenvalue weighted by Gasteiger charge is -2.33. The highest BCUT2D eigenvalue weighted by molar-refractivity contribution is 5.84. The molecule has 1 unspecified atom stereocenters. The number of carbonyl (C=O) groups excluding carboxylic acids is 1. The molecule has 1 saturated carbocycles. The van der Waals surface area contributed by atoms with E-state index < -0.39 is 5.82 Å². The molecule has 0 saturated heterocycles. The van der Waals surface area contributed by atoms with Crippen LogP contribution in [0.2, 0.25) is 0 Å². The Balaban J connectivity index is 1.16. The van der Waals surface area contributed by atoms with Crippen LogP contribution in [0.4, 0.5) is 4.39 Å². The Kier molecular flexibility index (Phi) is 6.38. The molecule has 1 fully saturated rings. The summed E-state index contributed by atoms with van der Waals surface area (Å²) in [7, 11) is 0. The molecule has 5 rings (SSSR count). The molecule has 0 spiro atoms. The Hall–Kier alpha value is -3.17. The smallest absolute Gasteiger partial charge is 0.269 e. The fourth-order valence-electron chi connectivity index (χ4n) is 4.97. The molecule has 1 atom stereocenters. The summed E-state index contributed by atoms with van der Waals surface area (Å²) in [5.74, 6) is 0.627. The number of benzene rings is 1. The number of ketones is 1. The van der Waals surface area contributed by atoms with Gasteiger partial charge in [0.25, 0.3) is 5.56 Å². The Morgan fingerprint density at radius 2 is 2.00 bits per heavy atom. The van der Waals surface area contributed by atoms with Gasteiger partial charge in [-0.2, -0.15) is 0 Å². The third-order valence-electron chi connectivity index (χ3n) is 6.89. The number of aromatic nitrogens is 3. The predicted octanol–water partition coefficient (Wildman–Crippen LogP) is 2.11. The highest BCUT2D eigenvalue weighted by Gasteiger charge is 2.26. The van der Waals surface area contributed by atoms with Gasteiger partial charge in [-0.1, -0.05) is 0 Å². The summed E-state index contributed by atoms with van der Waals surface area (Å²) in [6.07, 6.45) is 5.45. The van der Waals surface area contributed by atoms with Gasteiger partial charge in [-0.3, -0.25) is 14.6 Å². The minimum absolute atomic E-state index is 0.0481. The van der Waals surface area contributed by atoms with Gasteiger partial charge in [0, 0.05) is 25.2 Å². The largest absolute Gasteiger partial charge is 0.484 e. The first-order chi connectivity index (χ1) is 16.5. The molecule has 3 N–H and O–H groups in total. The molecule has 0 amide bonds. The fourth-order valence-corrected chi connectivity index (χ4v) is 4.97. The number of fused-ring (bicyclic) bond motifs is 2. The highest BCUT2D eigenvalue weighted by Crippen LogP contribution is 2.28. The number of halogens is 1. The Morgan fingerprint density at radius 1 is 1.18 bits per heavy atom. The summed E-state index contributed by atoms with van der Waals surface area (Å²) < 4.78 is 20.7. The van der Waals surface area contributed by atoms with E-state index >= 15 is 0 Å². The predicted molar refractivity (Wildman–Crippen MR) is 125 cm³/mol. The van der Waals surface area contributed by atoms with Crippen molar-refractivity contribution in [1.29, 1.82) is 0 Å². The van der Waals surface area contributed by atoms with Gasteiger partial charge in [0.05, 0.1) is 35.0 Å². The van der Waals surface area contributed by atoms with E-state index in [4.69, 9.17) is 10.5 Å². The third kappa shape index (κ3) is 4.85. The zero-order chi connectivity index (χ0) is 23.7. The van der Waals surface area contributed by atoms with E-state index in [1.54, 1.807) is 6.07 Å². The van der Waals surface area contributed by atoms with E-state index in [2.05, 4.69) is 15.3 Å². The van der Waals surface area contributed by atoms with E-state index in [0.717, 1.165) is 31.4 Å². The van der Waals surface area contributed by atoms with Crippen molar-refractivity contribution in [2.24, 2.45) is 11.7 Å². The number of Topliss-reactive ketones (excluding diaryl/α,β-unsaturated/α-hetero) is 1. The molecule has 3 heterocycles. The number of rotatable bonds is 6. The van der Waals surface area contributed by atoms with Crippen LogP contribution in [0.3, 0.4) is 0 Å². The van der Waals surface area contributed by atoms with Gasteiger partial charge in [-0.25, -0.2) is 9.37 Å². The molecule has 34 heavy (non-hydrogen) atoms. The maximum absolute atomic E-state index is 13.8. The van der Waals surface area contributed by atoms with Crippen LogP contribution in [0.25, 0.3) is 11.0 Å². The average Bonchev–Trinajstić information content (AvgIpc) is 2.84. The van der Waals surface area contributed by atoms with Gasteiger partial charge in [0.2, 0.25) is 0 Å². The SMILES string of the molecule is NC(Cn1c(=O)cnc2ccc(F)cc21)C1CCC(NCc2ccc3c(n2)CC(=O)CO3)CC1. The summed E-state index contributed by atoms with van der Waals surface area (Å²) in [5.41, 5.74) is 8.91. The molecule has 2 aliphatic rings. The number of hydrogen-bond acceptors (Lipinski definition) is 7. The second kappa shape index (κ2) is 9.60. The number of carbonyl (C=O) groups is 1. The molecule has 8 nitrogen and oxygen atoms in total. The lowest BCUT2D eigenvalue weighted by Crippen LogP contribution is -2.42. The summed E-state index contributed by atoms with van der Waals surface area (Å²) in [5, 5.41) is 3.57. The Labute approximate surface area is 196 Å². The number of nitrogens with one attached hydrogen (secondary N) is 1. The fraction of sp³-hybridized carbons (Fsp3) is 0.440. The quantitative estimate of drug-likeness (QED) is 0.573. The highest BCUT2D eigenvalue weighted by atomic mass is 19.1. The molecule has 2 aromatic heterocycles. The third-order valence-corrected chi connectivity index (χ3v) is 6.89. The van der Waals surface area contributed by atoms with Crippen molar-refractivity contribution < 1.29 is 13.9 Å². The molecule has 1 aliphatic carbocycles. The first kappa shape index (κ1) is 22.6. The van der Waals surface area contributed by atoms with Crippen LogP contribution in [0, 0.1) is 11.7 Å². The molecule has 0 radical (unpaired) electrons. The van der Waals surface area contributed by atoms with Crippen molar-refractivity contribution in [3.8, 4) is 5.75 Å². The Morgan fingerprint density at radius 3 is 2.82 bits per heavy atom. The maximum Gasteiger partial charge on any atom is 0.269 e. The average molecular weight is 466 g/mol. The van der Waals surface area contributed by atoms with E-state index in [9.17, 15) is 14.0 Å². The second-order valence-electron chi connectivity index (χ2n) is 9.25. The van der Waals surface area contributed by atoms with E-state index in [1.807, 2.05) is 12.1 Å². The van der Waals surface area contributed by atoms with Gasteiger partial charge in [-0.05, 0) is 61.9 Å². The summed E-state index contributed by atoms with van der Waals surface area (Å²) >= 11 is 0. The molecule has 9 heteroatoms. The van der Waals surface area contributed by atoms with E-state index in [-0.39, 0.29) is 29.9 Å². The molecule has 3 aromatic rings. The molecule has 1 aliphatic heterocycles. The van der Waals surface area contributed by atoms with Gasteiger partial charge in [0.1, 0.15) is 18.2 Å². The molecule has 1 aromatic carbocycles. The minimum Gasteiger partial charge on any atom is -0.484 e. The van der Waals surface area contributed by atoms with Crippen molar-refractivity contribution >= 4 is 16.8 Å². The van der Waals surface area contributed by atoms with Crippen LogP contribution in [-0.2, 0) is 24.3 Å². The van der Waals surface area contributed by atoms with Crippen LogP contribution in [-0.4, -0.2) is 39.0 Å². The van der Waals surface area contributed by atoms with Gasteiger partial charge in [-0.15, -0.1) is 0 Å². The summed E-state index contributed by atoms with van der Waals surface area (Å²) in [4.78, 5) is 32.7. The molecule has 0 bridgehead atoms. The standard InChI is InChI=1S/C25H28FN5O3/c26-16-3-7-21-23(9-16)31(25(33)12-29-21)13-20(27)15-1-4-17(5-2-15)28-11-18-6-8-24-22(30-18)10-19(32)14-34-24/h3,6-9,12,15,17,20,28H,1-2,4-5,10-11,13-14,27H2. The van der Waals surface area contributed by atoms with Gasteiger partial charge >= 0.3 is 0 Å². The lowest BCUT2D eigenvalue weighted by atomic mass is 9.81. The zero-order valence-corrected chi connectivity index (χ0v) is 18.9. The number of nitrogens with two attached hydrogens (primary N) is 1.